The molecule has 1 fully saturated rings. The summed E-state index contributed by atoms with van der Waals surface area (Å²) in [6, 6.07) is 19.2. The number of nitrogens with one attached hydrogen (secondary N) is 4. The van der Waals surface area contributed by atoms with E-state index in [0.29, 0.717) is 46.7 Å². The van der Waals surface area contributed by atoms with Gasteiger partial charge in [0, 0.05) is 43.0 Å². The molecule has 3 aromatic carbocycles. The van der Waals surface area contributed by atoms with Crippen LogP contribution < -0.4 is 30.3 Å². The molecule has 1 atom stereocenters. The molecule has 4 aromatic rings. The monoisotopic (exact) mass is 579 g/mol. The number of likely N-dealkylation sites (tertiary alicyclic amines) is 1. The first-order valence-electron chi connectivity index (χ1n) is 13.0. The summed E-state index contributed by atoms with van der Waals surface area (Å²) >= 11 is 0. The highest BCUT2D eigenvalue weighted by Crippen LogP contribution is 2.31. The molecule has 0 spiro atoms. The van der Waals surface area contributed by atoms with Crippen molar-refractivity contribution in [2.45, 2.75) is 17.4 Å². The van der Waals surface area contributed by atoms with Gasteiger partial charge in [0.15, 0.2) is 11.6 Å². The average Bonchev–Trinajstić information content (AvgIpc) is 3.45. The van der Waals surface area contributed by atoms with Crippen LogP contribution in [0, 0.1) is 0 Å². The number of anilines is 4. The van der Waals surface area contributed by atoms with Gasteiger partial charge in [-0.25, -0.2) is 18.4 Å². The number of rotatable bonds is 12. The summed E-state index contributed by atoms with van der Waals surface area (Å²) in [5.41, 5.74) is 5.06. The van der Waals surface area contributed by atoms with Crippen LogP contribution in [0.4, 0.5) is 23.0 Å². The number of nitrogens with zero attached hydrogens (tertiary/aromatic N) is 3. The Labute approximate surface area is 239 Å². The summed E-state index contributed by atoms with van der Waals surface area (Å²) < 4.78 is 40.4. The molecule has 0 radical (unpaired) electrons. The number of sulfonamides is 1. The molecule has 0 amide bonds. The van der Waals surface area contributed by atoms with Gasteiger partial charge in [-0.15, -0.1) is 0 Å². The van der Waals surface area contributed by atoms with Gasteiger partial charge in [-0.1, -0.05) is 18.2 Å². The number of benzene rings is 3. The molecule has 41 heavy (non-hydrogen) atoms. The van der Waals surface area contributed by atoms with E-state index in [1.807, 2.05) is 19.2 Å². The fourth-order valence-corrected chi connectivity index (χ4v) is 5.53. The molecule has 1 aromatic heterocycles. The van der Waals surface area contributed by atoms with Crippen LogP contribution in [0.5, 0.6) is 11.5 Å². The predicted molar refractivity (Wildman–Crippen MR) is 158 cm³/mol. The second-order valence-corrected chi connectivity index (χ2v) is 11.2. The van der Waals surface area contributed by atoms with Gasteiger partial charge < -0.3 is 20.1 Å². The van der Waals surface area contributed by atoms with Crippen molar-refractivity contribution >= 4 is 44.1 Å². The first-order chi connectivity index (χ1) is 19.9. The van der Waals surface area contributed by atoms with Crippen LogP contribution in [-0.2, 0) is 14.9 Å². The maximum absolute atomic E-state index is 13.5. The van der Waals surface area contributed by atoms with Gasteiger partial charge in [0.2, 0.25) is 0 Å². The number of para-hydroxylation sites is 2. The number of hydrogen-bond acceptors (Lipinski definition) is 11. The second kappa shape index (κ2) is 12.6. The van der Waals surface area contributed by atoms with Gasteiger partial charge >= 0.3 is 0 Å². The molecule has 1 aliphatic rings. The molecule has 0 bridgehead atoms. The lowest BCUT2D eigenvalue weighted by Gasteiger charge is -2.17. The van der Waals surface area contributed by atoms with Gasteiger partial charge in [0.05, 0.1) is 35.8 Å². The van der Waals surface area contributed by atoms with Crippen molar-refractivity contribution in [3.05, 3.63) is 66.7 Å². The van der Waals surface area contributed by atoms with E-state index in [9.17, 15) is 8.42 Å². The number of aromatic nitrogens is 2. The summed E-state index contributed by atoms with van der Waals surface area (Å²) in [5, 5.41) is 6.43. The first kappa shape index (κ1) is 28.4. The van der Waals surface area contributed by atoms with E-state index in [2.05, 4.69) is 35.7 Å². The van der Waals surface area contributed by atoms with E-state index < -0.39 is 10.0 Å². The predicted octanol–water partition coefficient (Wildman–Crippen LogP) is 3.79. The quantitative estimate of drug-likeness (QED) is 0.182. The van der Waals surface area contributed by atoms with Crippen molar-refractivity contribution in [3.63, 3.8) is 0 Å². The molecule has 1 aliphatic heterocycles. The third kappa shape index (κ3) is 6.95. The molecule has 5 rings (SSSR count). The van der Waals surface area contributed by atoms with E-state index >= 15 is 0 Å². The van der Waals surface area contributed by atoms with E-state index in [1.54, 1.807) is 56.7 Å². The smallest absolute Gasteiger partial charge is 0.263 e. The first-order valence-corrected chi connectivity index (χ1v) is 14.5. The zero-order valence-corrected chi connectivity index (χ0v) is 23.9. The summed E-state index contributed by atoms with van der Waals surface area (Å²) in [7, 11) is 0.996. The van der Waals surface area contributed by atoms with Gasteiger partial charge in [0.1, 0.15) is 18.2 Å². The highest BCUT2D eigenvalue weighted by atomic mass is 32.2. The van der Waals surface area contributed by atoms with Crippen LogP contribution >= 0.6 is 0 Å². The number of likely N-dealkylation sites (N-methyl/N-ethyl adjacent to an activating group) is 1. The molecule has 12 nitrogen and oxygen atoms in total. The van der Waals surface area contributed by atoms with Gasteiger partial charge in [-0.05, 0) is 43.8 Å². The molecule has 0 saturated carbocycles. The molecule has 13 heteroatoms. The molecular weight excluding hydrogens is 546 g/mol. The van der Waals surface area contributed by atoms with Gasteiger partial charge in [-0.2, -0.15) is 0 Å². The standard InChI is InChI=1S/C28H33N7O5S/c1-29-20-11-12-35(17-20)18-40-33-19-7-6-8-24(15-19)41(36,37)34-28-27(31-25-9-4-5-10-26(25)32-28)30-21-13-22(38-2)16-23(14-21)39-3/h4-10,13-16,20,29,33H,11-12,17-18H2,1-3H3,(H,30,31)(H,32,34). The molecule has 4 N–H and O–H groups in total. The Morgan fingerprint density at radius 2 is 1.61 bits per heavy atom. The lowest BCUT2D eigenvalue weighted by atomic mass is 10.2. The molecular formula is C28H33N7O5S. The second-order valence-electron chi connectivity index (χ2n) is 9.50. The fourth-order valence-electron chi connectivity index (χ4n) is 4.48. The van der Waals surface area contributed by atoms with Crippen LogP contribution in [0.25, 0.3) is 11.0 Å². The van der Waals surface area contributed by atoms with Crippen molar-refractivity contribution in [2.75, 3.05) is 56.6 Å². The number of methoxy groups -OCH3 is 2. The number of hydrogen-bond donors (Lipinski definition) is 4. The third-order valence-corrected chi connectivity index (χ3v) is 8.01. The highest BCUT2D eigenvalue weighted by Gasteiger charge is 2.22. The Morgan fingerprint density at radius 3 is 2.27 bits per heavy atom. The Hall–Kier alpha value is -4.17. The zero-order valence-electron chi connectivity index (χ0n) is 23.0. The van der Waals surface area contributed by atoms with E-state index in [0.717, 1.165) is 19.5 Å². The van der Waals surface area contributed by atoms with E-state index in [1.165, 1.54) is 12.1 Å². The SMILES string of the molecule is CNC1CCN(CONc2cccc(S(=O)(=O)Nc3nc4ccccc4nc3Nc3cc(OC)cc(OC)c3)c2)C1. The van der Waals surface area contributed by atoms with Crippen molar-refractivity contribution in [3.8, 4) is 11.5 Å². The number of fused-ring (bicyclic) bond motifs is 1. The number of ether oxygens (including phenoxy) is 2. The van der Waals surface area contributed by atoms with Crippen molar-refractivity contribution in [1.29, 1.82) is 0 Å². The minimum absolute atomic E-state index is 0.0338. The van der Waals surface area contributed by atoms with Gasteiger partial charge in [-0.3, -0.25) is 19.9 Å². The lowest BCUT2D eigenvalue weighted by Crippen LogP contribution is -2.31. The maximum atomic E-state index is 13.5. The van der Waals surface area contributed by atoms with E-state index in [-0.39, 0.29) is 16.5 Å². The van der Waals surface area contributed by atoms with E-state index in [4.69, 9.17) is 14.3 Å². The van der Waals surface area contributed by atoms with Crippen LogP contribution in [0.1, 0.15) is 6.42 Å². The summed E-state index contributed by atoms with van der Waals surface area (Å²) in [6.45, 7) is 2.20. The Morgan fingerprint density at radius 1 is 0.902 bits per heavy atom. The maximum Gasteiger partial charge on any atom is 0.263 e. The third-order valence-electron chi connectivity index (χ3n) is 6.68. The van der Waals surface area contributed by atoms with Crippen molar-refractivity contribution < 1.29 is 22.7 Å². The summed E-state index contributed by atoms with van der Waals surface area (Å²) in [6.07, 6.45) is 1.05. The molecule has 216 valence electrons. The fraction of sp³-hybridized carbons (Fsp3) is 0.286. The topological polar surface area (TPSA) is 139 Å². The average molecular weight is 580 g/mol. The van der Waals surface area contributed by atoms with Crippen LogP contribution in [0.2, 0.25) is 0 Å². The molecule has 0 aliphatic carbocycles. The molecule has 2 heterocycles. The van der Waals surface area contributed by atoms with Crippen LogP contribution in [-0.4, -0.2) is 70.4 Å². The minimum Gasteiger partial charge on any atom is -0.497 e. The van der Waals surface area contributed by atoms with Crippen LogP contribution in [0.15, 0.2) is 71.6 Å². The van der Waals surface area contributed by atoms with Crippen molar-refractivity contribution in [2.24, 2.45) is 0 Å². The Kier molecular flexibility index (Phi) is 8.69. The zero-order chi connectivity index (χ0) is 28.8. The summed E-state index contributed by atoms with van der Waals surface area (Å²) in [4.78, 5) is 17.0. The van der Waals surface area contributed by atoms with Crippen LogP contribution in [0.3, 0.4) is 0 Å². The lowest BCUT2D eigenvalue weighted by molar-refractivity contribution is 0.0770. The Balaban J connectivity index is 1.37. The van der Waals surface area contributed by atoms with Crippen molar-refractivity contribution in [1.82, 2.24) is 20.2 Å². The van der Waals surface area contributed by atoms with Gasteiger partial charge in [0.25, 0.3) is 10.0 Å². The summed E-state index contributed by atoms with van der Waals surface area (Å²) in [5.74, 6) is 1.36. The normalized spacial score (nSPS) is 15.5. The largest absolute Gasteiger partial charge is 0.497 e. The molecule has 1 saturated heterocycles. The Bertz CT molecular complexity index is 1600. The highest BCUT2D eigenvalue weighted by molar-refractivity contribution is 7.92. The molecule has 1 unspecified atom stereocenters. The minimum atomic E-state index is -4.05.